The molecule has 0 radical (unpaired) electrons. The number of anilines is 1. The summed E-state index contributed by atoms with van der Waals surface area (Å²) in [5, 5.41) is 0. The molecule has 0 unspecified atom stereocenters. The number of nitrogens with one attached hydrogen (secondary N) is 1. The van der Waals surface area contributed by atoms with Gasteiger partial charge in [0.1, 0.15) is 5.52 Å². The van der Waals surface area contributed by atoms with Gasteiger partial charge in [-0.15, -0.1) is 24.8 Å². The Morgan fingerprint density at radius 2 is 2.00 bits per heavy atom. The van der Waals surface area contributed by atoms with Crippen LogP contribution in [-0.2, 0) is 0 Å². The maximum absolute atomic E-state index is 5.31. The Morgan fingerprint density at radius 3 is 2.75 bits per heavy atom. The zero-order valence-corrected chi connectivity index (χ0v) is 7.52. The van der Waals surface area contributed by atoms with Crippen molar-refractivity contribution < 1.29 is 0 Å². The third kappa shape index (κ3) is 1.75. The van der Waals surface area contributed by atoms with Gasteiger partial charge in [0.15, 0.2) is 5.65 Å². The number of nitrogens with zero attached hydrogens (tertiary/aromatic N) is 3. The van der Waals surface area contributed by atoms with E-state index in [1.54, 1.807) is 12.5 Å². The van der Waals surface area contributed by atoms with Gasteiger partial charge in [-0.2, -0.15) is 4.98 Å². The molecule has 0 saturated carbocycles. The molecule has 0 saturated heterocycles. The molecule has 0 amide bonds. The summed E-state index contributed by atoms with van der Waals surface area (Å²) >= 11 is 0. The fraction of sp³-hybridized carbons (Fsp3) is 0. The van der Waals surface area contributed by atoms with E-state index in [1.165, 1.54) is 0 Å². The van der Waals surface area contributed by atoms with E-state index in [0.29, 0.717) is 5.65 Å². The standard InChI is InChI=1S/C5H5N5.2ClH/c6-5-7-1-3-4(10-5)9-2-8-3;;/h1-2H,(H3,6,7,8,9,10);2*1H. The normalized spacial score (nSPS) is 8.67. The van der Waals surface area contributed by atoms with Crippen molar-refractivity contribution in [2.45, 2.75) is 0 Å². The number of imidazole rings is 1. The van der Waals surface area contributed by atoms with Crippen LogP contribution in [0.3, 0.4) is 0 Å². The molecule has 7 heteroatoms. The Hall–Kier alpha value is -1.07. The number of nitrogen functional groups attached to an aromatic ring is 1. The van der Waals surface area contributed by atoms with E-state index < -0.39 is 0 Å². The second-order valence-corrected chi connectivity index (χ2v) is 1.87. The fourth-order valence-corrected chi connectivity index (χ4v) is 0.749. The van der Waals surface area contributed by atoms with E-state index in [-0.39, 0.29) is 30.8 Å². The third-order valence-electron chi connectivity index (χ3n) is 1.19. The molecule has 0 bridgehead atoms. The van der Waals surface area contributed by atoms with Crippen molar-refractivity contribution >= 4 is 41.9 Å². The summed E-state index contributed by atoms with van der Waals surface area (Å²) in [6.45, 7) is 0. The first-order chi connectivity index (χ1) is 4.86. The number of halogens is 2. The minimum absolute atomic E-state index is 0. The van der Waals surface area contributed by atoms with E-state index in [9.17, 15) is 0 Å². The molecular weight excluding hydrogens is 201 g/mol. The second kappa shape index (κ2) is 4.08. The van der Waals surface area contributed by atoms with Crippen molar-refractivity contribution in [3.63, 3.8) is 0 Å². The highest BCUT2D eigenvalue weighted by molar-refractivity contribution is 5.85. The van der Waals surface area contributed by atoms with Gasteiger partial charge in [-0.3, -0.25) is 0 Å². The molecule has 2 rings (SSSR count). The fourth-order valence-electron chi connectivity index (χ4n) is 0.749. The van der Waals surface area contributed by atoms with Crippen molar-refractivity contribution in [3.8, 4) is 0 Å². The van der Waals surface area contributed by atoms with Gasteiger partial charge in [0.25, 0.3) is 0 Å². The first kappa shape index (κ1) is 10.9. The number of rotatable bonds is 0. The highest BCUT2D eigenvalue weighted by Gasteiger charge is 1.95. The monoisotopic (exact) mass is 207 g/mol. The summed E-state index contributed by atoms with van der Waals surface area (Å²) in [5.41, 5.74) is 6.71. The van der Waals surface area contributed by atoms with Gasteiger partial charge in [0, 0.05) is 0 Å². The molecule has 0 spiro atoms. The second-order valence-electron chi connectivity index (χ2n) is 1.87. The van der Waals surface area contributed by atoms with Crippen molar-refractivity contribution in [3.05, 3.63) is 12.5 Å². The molecule has 12 heavy (non-hydrogen) atoms. The topological polar surface area (TPSA) is 80.5 Å². The van der Waals surface area contributed by atoms with Gasteiger partial charge in [0.05, 0.1) is 12.5 Å². The van der Waals surface area contributed by atoms with Crippen LogP contribution in [0.1, 0.15) is 0 Å². The number of hydrogen-bond acceptors (Lipinski definition) is 4. The summed E-state index contributed by atoms with van der Waals surface area (Å²) < 4.78 is 0. The molecule has 0 aromatic carbocycles. The highest BCUT2D eigenvalue weighted by atomic mass is 35.5. The third-order valence-corrected chi connectivity index (χ3v) is 1.19. The van der Waals surface area contributed by atoms with Crippen LogP contribution in [0.4, 0.5) is 5.95 Å². The first-order valence-electron chi connectivity index (χ1n) is 2.78. The van der Waals surface area contributed by atoms with Crippen LogP contribution < -0.4 is 5.73 Å². The maximum atomic E-state index is 5.31. The number of nitrogens with two attached hydrogens (primary N) is 1. The Kier molecular flexibility index (Phi) is 3.72. The lowest BCUT2D eigenvalue weighted by molar-refractivity contribution is 1.22. The lowest BCUT2D eigenvalue weighted by atomic mass is 10.6. The van der Waals surface area contributed by atoms with Crippen LogP contribution >= 0.6 is 24.8 Å². The number of fused-ring (bicyclic) bond motifs is 1. The number of hydrogen-bond donors (Lipinski definition) is 2. The molecule has 0 aliphatic heterocycles. The summed E-state index contributed by atoms with van der Waals surface area (Å²) in [4.78, 5) is 14.4. The van der Waals surface area contributed by atoms with Gasteiger partial charge in [-0.1, -0.05) is 0 Å². The van der Waals surface area contributed by atoms with E-state index >= 15 is 0 Å². The Balaban J connectivity index is 0.000000605. The summed E-state index contributed by atoms with van der Waals surface area (Å²) in [6.07, 6.45) is 3.16. The maximum Gasteiger partial charge on any atom is 0.222 e. The minimum Gasteiger partial charge on any atom is -0.368 e. The molecule has 2 aromatic rings. The lowest BCUT2D eigenvalue weighted by Gasteiger charge is -1.87. The largest absolute Gasteiger partial charge is 0.368 e. The predicted molar refractivity (Wildman–Crippen MR) is 50.6 cm³/mol. The zero-order valence-electron chi connectivity index (χ0n) is 5.89. The zero-order chi connectivity index (χ0) is 6.97. The molecule has 0 atom stereocenters. The Morgan fingerprint density at radius 1 is 1.25 bits per heavy atom. The molecule has 5 nitrogen and oxygen atoms in total. The van der Waals surface area contributed by atoms with Gasteiger partial charge < -0.3 is 10.7 Å². The van der Waals surface area contributed by atoms with Crippen LogP contribution in [0.25, 0.3) is 11.2 Å². The van der Waals surface area contributed by atoms with Crippen LogP contribution in [-0.4, -0.2) is 19.9 Å². The predicted octanol–water partition coefficient (Wildman–Crippen LogP) is 0.779. The van der Waals surface area contributed by atoms with Crippen molar-refractivity contribution in [1.82, 2.24) is 19.9 Å². The van der Waals surface area contributed by atoms with Crippen LogP contribution in [0, 0.1) is 0 Å². The van der Waals surface area contributed by atoms with Gasteiger partial charge in [0.2, 0.25) is 5.95 Å². The molecule has 0 fully saturated rings. The van der Waals surface area contributed by atoms with E-state index in [2.05, 4.69) is 19.9 Å². The van der Waals surface area contributed by atoms with Gasteiger partial charge in [-0.05, 0) is 0 Å². The summed E-state index contributed by atoms with van der Waals surface area (Å²) in [5.74, 6) is 0.250. The number of aromatic nitrogens is 4. The average molecular weight is 208 g/mol. The smallest absolute Gasteiger partial charge is 0.222 e. The minimum atomic E-state index is 0. The van der Waals surface area contributed by atoms with Crippen LogP contribution in [0.2, 0.25) is 0 Å². The molecule has 3 N–H and O–H groups in total. The molecule has 0 aliphatic rings. The van der Waals surface area contributed by atoms with Crippen LogP contribution in [0.15, 0.2) is 12.5 Å². The first-order valence-corrected chi connectivity index (χ1v) is 2.78. The summed E-state index contributed by atoms with van der Waals surface area (Å²) in [6, 6.07) is 0. The quantitative estimate of drug-likeness (QED) is 0.670. The lowest BCUT2D eigenvalue weighted by Crippen LogP contribution is -1.93. The van der Waals surface area contributed by atoms with E-state index in [0.717, 1.165) is 5.52 Å². The molecule has 2 heterocycles. The average Bonchev–Trinajstić information content (AvgIpc) is 2.33. The molecule has 2 aromatic heterocycles. The number of aromatic amines is 1. The highest BCUT2D eigenvalue weighted by Crippen LogP contribution is 2.03. The molecule has 0 aliphatic carbocycles. The Labute approximate surface area is 80.6 Å². The summed E-state index contributed by atoms with van der Waals surface area (Å²) in [7, 11) is 0. The van der Waals surface area contributed by atoms with Gasteiger partial charge in [-0.25, -0.2) is 9.97 Å². The number of H-pyrrole nitrogens is 1. The van der Waals surface area contributed by atoms with Crippen molar-refractivity contribution in [2.24, 2.45) is 0 Å². The van der Waals surface area contributed by atoms with Crippen LogP contribution in [0.5, 0.6) is 0 Å². The van der Waals surface area contributed by atoms with E-state index in [1.807, 2.05) is 0 Å². The van der Waals surface area contributed by atoms with Crippen molar-refractivity contribution in [2.75, 3.05) is 5.73 Å². The SMILES string of the molecule is Cl.Cl.Nc1ncc2[nH]cnc2n1. The van der Waals surface area contributed by atoms with E-state index in [4.69, 9.17) is 5.73 Å². The Bertz CT molecular complexity index is 359. The van der Waals surface area contributed by atoms with Gasteiger partial charge >= 0.3 is 0 Å². The molecule has 66 valence electrons. The molecular formula is C5H7Cl2N5. The van der Waals surface area contributed by atoms with Crippen molar-refractivity contribution in [1.29, 1.82) is 0 Å².